The molecule has 0 amide bonds. The summed E-state index contributed by atoms with van der Waals surface area (Å²) in [5.74, 6) is 0.197. The molecule has 1 aromatic carbocycles. The summed E-state index contributed by atoms with van der Waals surface area (Å²) in [6, 6.07) is 6.86. The van der Waals surface area contributed by atoms with Gasteiger partial charge in [0.1, 0.15) is 12.4 Å². The first-order valence-corrected chi connectivity index (χ1v) is 6.45. The highest BCUT2D eigenvalue weighted by atomic mass is 35.5. The van der Waals surface area contributed by atoms with Gasteiger partial charge in [-0.15, -0.1) is 0 Å². The van der Waals surface area contributed by atoms with Gasteiger partial charge in [0, 0.05) is 11.6 Å². The molecule has 0 unspecified atom stereocenters. The molecule has 0 radical (unpaired) electrons. The molecule has 5 heteroatoms. The average Bonchev–Trinajstić information content (AvgIpc) is 2.31. The van der Waals surface area contributed by atoms with Crippen molar-refractivity contribution in [1.29, 1.82) is 0 Å². The molecule has 1 aromatic rings. The topological polar surface area (TPSA) is 38.8 Å². The summed E-state index contributed by atoms with van der Waals surface area (Å²) in [4.78, 5) is 13.9. The Morgan fingerprint density at radius 3 is 2.37 bits per heavy atom. The molecule has 0 aliphatic carbocycles. The molecular weight excluding hydrogens is 266 g/mol. The van der Waals surface area contributed by atoms with E-state index in [1.54, 1.807) is 38.1 Å². The standard InChI is InChI=1S/C14H20ClNO3/c1-14(2,13(17)18-10-9-16(3)4)19-12-7-5-11(15)6-8-12/h5-8H,9-10H2,1-4H3. The van der Waals surface area contributed by atoms with Gasteiger partial charge >= 0.3 is 5.97 Å². The molecule has 0 spiro atoms. The minimum atomic E-state index is -1.03. The number of carbonyl (C=O) groups is 1. The fraction of sp³-hybridized carbons (Fsp3) is 0.500. The van der Waals surface area contributed by atoms with Crippen LogP contribution in [0.4, 0.5) is 0 Å². The second-order valence-electron chi connectivity index (χ2n) is 5.01. The summed E-state index contributed by atoms with van der Waals surface area (Å²) < 4.78 is 10.8. The van der Waals surface area contributed by atoms with Crippen LogP contribution in [-0.2, 0) is 9.53 Å². The van der Waals surface area contributed by atoms with Crippen molar-refractivity contribution in [3.63, 3.8) is 0 Å². The zero-order chi connectivity index (χ0) is 14.5. The highest BCUT2D eigenvalue weighted by molar-refractivity contribution is 6.30. The molecule has 0 aliphatic rings. The number of nitrogens with zero attached hydrogens (tertiary/aromatic N) is 1. The Labute approximate surface area is 119 Å². The van der Waals surface area contributed by atoms with Gasteiger partial charge in [-0.2, -0.15) is 0 Å². The van der Waals surface area contributed by atoms with Crippen LogP contribution < -0.4 is 4.74 Å². The van der Waals surface area contributed by atoms with Crippen LogP contribution in [-0.4, -0.2) is 43.7 Å². The van der Waals surface area contributed by atoms with Gasteiger partial charge in [-0.25, -0.2) is 4.79 Å². The lowest BCUT2D eigenvalue weighted by Gasteiger charge is -2.24. The molecule has 0 N–H and O–H groups in total. The van der Waals surface area contributed by atoms with E-state index in [4.69, 9.17) is 21.1 Å². The molecule has 0 saturated carbocycles. The summed E-state index contributed by atoms with van der Waals surface area (Å²) in [5, 5.41) is 0.624. The number of hydrogen-bond donors (Lipinski definition) is 0. The maximum absolute atomic E-state index is 11.9. The third-order valence-corrected chi connectivity index (χ3v) is 2.70. The third kappa shape index (κ3) is 5.49. The van der Waals surface area contributed by atoms with Crippen LogP contribution in [0.1, 0.15) is 13.8 Å². The largest absolute Gasteiger partial charge is 0.476 e. The fourth-order valence-corrected chi connectivity index (χ4v) is 1.46. The smallest absolute Gasteiger partial charge is 0.349 e. The predicted molar refractivity (Wildman–Crippen MR) is 75.7 cm³/mol. The van der Waals surface area contributed by atoms with Crippen molar-refractivity contribution in [2.45, 2.75) is 19.4 Å². The highest BCUT2D eigenvalue weighted by Gasteiger charge is 2.31. The maximum Gasteiger partial charge on any atom is 0.349 e. The van der Waals surface area contributed by atoms with Crippen molar-refractivity contribution in [1.82, 2.24) is 4.90 Å². The number of ether oxygens (including phenoxy) is 2. The SMILES string of the molecule is CN(C)CCOC(=O)C(C)(C)Oc1ccc(Cl)cc1. The second kappa shape index (κ2) is 6.78. The summed E-state index contributed by atoms with van der Waals surface area (Å²) in [5.41, 5.74) is -1.03. The van der Waals surface area contributed by atoms with Gasteiger partial charge in [0.15, 0.2) is 5.60 Å². The summed E-state index contributed by atoms with van der Waals surface area (Å²) >= 11 is 5.79. The third-order valence-electron chi connectivity index (χ3n) is 2.45. The van der Waals surface area contributed by atoms with E-state index < -0.39 is 5.60 Å². The number of carbonyl (C=O) groups excluding carboxylic acids is 1. The Morgan fingerprint density at radius 1 is 1.26 bits per heavy atom. The lowest BCUT2D eigenvalue weighted by atomic mass is 10.1. The van der Waals surface area contributed by atoms with Crippen molar-refractivity contribution < 1.29 is 14.3 Å². The van der Waals surface area contributed by atoms with Crippen LogP contribution in [0.15, 0.2) is 24.3 Å². The molecule has 1 rings (SSSR count). The Hall–Kier alpha value is -1.26. The van der Waals surface area contributed by atoms with E-state index in [9.17, 15) is 4.79 Å². The van der Waals surface area contributed by atoms with Crippen molar-refractivity contribution in [3.05, 3.63) is 29.3 Å². The molecule has 0 bridgehead atoms. The van der Waals surface area contributed by atoms with Gasteiger partial charge in [-0.05, 0) is 52.2 Å². The number of likely N-dealkylation sites (N-methyl/N-ethyl adjacent to an activating group) is 1. The Bertz CT molecular complexity index is 415. The predicted octanol–water partition coefficient (Wildman–Crippen LogP) is 2.60. The summed E-state index contributed by atoms with van der Waals surface area (Å²) in [6.07, 6.45) is 0. The number of benzene rings is 1. The first-order chi connectivity index (χ1) is 8.81. The quantitative estimate of drug-likeness (QED) is 0.753. The zero-order valence-electron chi connectivity index (χ0n) is 11.8. The zero-order valence-corrected chi connectivity index (χ0v) is 12.5. The maximum atomic E-state index is 11.9. The number of hydrogen-bond acceptors (Lipinski definition) is 4. The normalized spacial score (nSPS) is 11.5. The first-order valence-electron chi connectivity index (χ1n) is 6.08. The summed E-state index contributed by atoms with van der Waals surface area (Å²) in [6.45, 7) is 4.39. The van der Waals surface area contributed by atoms with Gasteiger partial charge in [-0.3, -0.25) is 0 Å². The molecule has 0 aromatic heterocycles. The van der Waals surface area contributed by atoms with Gasteiger partial charge < -0.3 is 14.4 Å². The van der Waals surface area contributed by atoms with Crippen molar-refractivity contribution in [2.24, 2.45) is 0 Å². The number of esters is 1. The Balaban J connectivity index is 2.54. The van der Waals surface area contributed by atoms with Gasteiger partial charge in [-0.1, -0.05) is 11.6 Å². The average molecular weight is 286 g/mol. The molecule has 0 atom stereocenters. The van der Waals surface area contributed by atoms with E-state index >= 15 is 0 Å². The number of rotatable bonds is 6. The first kappa shape index (κ1) is 15.8. The van der Waals surface area contributed by atoms with Crippen molar-refractivity contribution >= 4 is 17.6 Å². The van der Waals surface area contributed by atoms with Crippen molar-refractivity contribution in [3.8, 4) is 5.75 Å². The minimum Gasteiger partial charge on any atom is -0.476 e. The monoisotopic (exact) mass is 285 g/mol. The van der Waals surface area contributed by atoms with E-state index in [1.165, 1.54) is 0 Å². The molecule has 4 nitrogen and oxygen atoms in total. The molecule has 19 heavy (non-hydrogen) atoms. The molecule has 0 fully saturated rings. The van der Waals surface area contributed by atoms with E-state index in [0.29, 0.717) is 23.9 Å². The Morgan fingerprint density at radius 2 is 1.84 bits per heavy atom. The van der Waals surface area contributed by atoms with Crippen LogP contribution in [0.3, 0.4) is 0 Å². The van der Waals surface area contributed by atoms with Gasteiger partial charge in [0.05, 0.1) is 0 Å². The molecule has 0 heterocycles. The molecule has 0 aliphatic heterocycles. The molecule has 0 saturated heterocycles. The highest BCUT2D eigenvalue weighted by Crippen LogP contribution is 2.21. The van der Waals surface area contributed by atoms with E-state index in [2.05, 4.69) is 0 Å². The fourth-order valence-electron chi connectivity index (χ4n) is 1.33. The summed E-state index contributed by atoms with van der Waals surface area (Å²) in [7, 11) is 3.84. The Kier molecular flexibility index (Phi) is 5.63. The minimum absolute atomic E-state index is 0.346. The van der Waals surface area contributed by atoms with Crippen molar-refractivity contribution in [2.75, 3.05) is 27.2 Å². The van der Waals surface area contributed by atoms with Gasteiger partial charge in [0.25, 0.3) is 0 Å². The van der Waals surface area contributed by atoms with E-state index in [1.807, 2.05) is 19.0 Å². The van der Waals surface area contributed by atoms with Gasteiger partial charge in [0.2, 0.25) is 0 Å². The second-order valence-corrected chi connectivity index (χ2v) is 5.44. The van der Waals surface area contributed by atoms with Crippen LogP contribution in [0.25, 0.3) is 0 Å². The molecule has 106 valence electrons. The van der Waals surface area contributed by atoms with E-state index in [-0.39, 0.29) is 5.97 Å². The van der Waals surface area contributed by atoms with Crippen LogP contribution in [0.5, 0.6) is 5.75 Å². The lowest BCUT2D eigenvalue weighted by Crippen LogP contribution is -2.40. The number of halogens is 1. The van der Waals surface area contributed by atoms with E-state index in [0.717, 1.165) is 0 Å². The lowest BCUT2D eigenvalue weighted by molar-refractivity contribution is -0.159. The molecular formula is C14H20ClNO3. The van der Waals surface area contributed by atoms with Crippen LogP contribution in [0, 0.1) is 0 Å². The van der Waals surface area contributed by atoms with Crippen LogP contribution in [0.2, 0.25) is 5.02 Å². The van der Waals surface area contributed by atoms with Crippen LogP contribution >= 0.6 is 11.6 Å².